The van der Waals surface area contributed by atoms with Gasteiger partial charge in [-0.3, -0.25) is 4.79 Å². The van der Waals surface area contributed by atoms with Crippen LogP contribution in [0, 0.1) is 5.92 Å². The van der Waals surface area contributed by atoms with Gasteiger partial charge >= 0.3 is 12.1 Å². The minimum Gasteiger partial charge on any atom is -0.481 e. The van der Waals surface area contributed by atoms with Crippen LogP contribution in [-0.4, -0.2) is 76.5 Å². The maximum atomic E-state index is 12.6. The molecule has 0 bridgehead atoms. The quantitative estimate of drug-likeness (QED) is 0.215. The summed E-state index contributed by atoms with van der Waals surface area (Å²) in [6.45, 7) is 0.878. The van der Waals surface area contributed by atoms with Crippen molar-refractivity contribution in [1.29, 1.82) is 0 Å². The Kier molecular flexibility index (Phi) is 11.7. The van der Waals surface area contributed by atoms with E-state index in [2.05, 4.69) is 27.4 Å². The topological polar surface area (TPSA) is 100 Å². The number of rotatable bonds is 16. The highest BCUT2D eigenvalue weighted by Crippen LogP contribution is 2.21. The molecule has 2 N–H and O–H groups in total. The van der Waals surface area contributed by atoms with E-state index in [0.29, 0.717) is 25.2 Å². The Bertz CT molecular complexity index is 1280. The standard InChI is InChI=1S/C31H38F3N5O3/c32-31(33,34)21-42-18-17-39(15-5-4-10-26-12-11-24-9-6-14-35-29(24)38-26)16-13-25(30(40)41)19-27-20-28(37-22-36-27)23-7-2-1-3-8-23/h1-3,7-8,11-12,20,22,25H,4-6,9-10,13-19,21H2,(H,35,38)(H,40,41)/t25-/m1/s1. The predicted molar refractivity (Wildman–Crippen MR) is 154 cm³/mol. The molecule has 1 aliphatic heterocycles. The van der Waals surface area contributed by atoms with Crippen LogP contribution in [0.4, 0.5) is 19.0 Å². The van der Waals surface area contributed by atoms with Crippen LogP contribution in [-0.2, 0) is 28.8 Å². The number of ether oxygens (including phenoxy) is 1. The van der Waals surface area contributed by atoms with Gasteiger partial charge in [-0.1, -0.05) is 36.4 Å². The molecule has 0 spiro atoms. The molecule has 3 heterocycles. The number of halogens is 3. The highest BCUT2D eigenvalue weighted by Gasteiger charge is 2.27. The first kappa shape index (κ1) is 31.4. The van der Waals surface area contributed by atoms with Crippen LogP contribution in [0.5, 0.6) is 0 Å². The summed E-state index contributed by atoms with van der Waals surface area (Å²) in [5, 5.41) is 13.3. The molecule has 1 aliphatic rings. The fourth-order valence-electron chi connectivity index (χ4n) is 5.05. The largest absolute Gasteiger partial charge is 0.481 e. The summed E-state index contributed by atoms with van der Waals surface area (Å²) in [4.78, 5) is 27.5. The van der Waals surface area contributed by atoms with Gasteiger partial charge in [0.05, 0.1) is 18.2 Å². The average Bonchev–Trinajstić information content (AvgIpc) is 2.99. The van der Waals surface area contributed by atoms with E-state index >= 15 is 0 Å². The third-order valence-electron chi connectivity index (χ3n) is 7.32. The van der Waals surface area contributed by atoms with Gasteiger partial charge in [-0.05, 0) is 69.3 Å². The maximum Gasteiger partial charge on any atom is 0.411 e. The summed E-state index contributed by atoms with van der Waals surface area (Å²) in [6.07, 6.45) is 2.21. The number of carbonyl (C=O) groups is 1. The van der Waals surface area contributed by atoms with E-state index in [1.165, 1.54) is 11.9 Å². The predicted octanol–water partition coefficient (Wildman–Crippen LogP) is 5.43. The number of pyridine rings is 1. The number of aliphatic carboxylic acids is 1. The SMILES string of the molecule is O=C(O)[C@H](CCN(CCCCc1ccc2c(n1)NCCC2)CCOCC(F)(F)F)Cc1cc(-c2ccccc2)ncn1. The second-order valence-corrected chi connectivity index (χ2v) is 10.6. The highest BCUT2D eigenvalue weighted by molar-refractivity contribution is 5.70. The number of hydrogen-bond acceptors (Lipinski definition) is 7. The molecule has 1 aromatic carbocycles. The van der Waals surface area contributed by atoms with Gasteiger partial charge in [-0.15, -0.1) is 0 Å². The average molecular weight is 586 g/mol. The van der Waals surface area contributed by atoms with Crippen molar-refractivity contribution in [3.8, 4) is 11.3 Å². The fourth-order valence-corrected chi connectivity index (χ4v) is 5.05. The van der Waals surface area contributed by atoms with Crippen LogP contribution in [0.1, 0.15) is 42.6 Å². The molecule has 0 saturated carbocycles. The van der Waals surface area contributed by atoms with Crippen molar-refractivity contribution < 1.29 is 27.8 Å². The molecule has 0 amide bonds. The zero-order chi connectivity index (χ0) is 29.8. The number of nitrogens with one attached hydrogen (secondary N) is 1. The van der Waals surface area contributed by atoms with E-state index in [-0.39, 0.29) is 19.6 Å². The molecule has 0 unspecified atom stereocenters. The van der Waals surface area contributed by atoms with Crippen LogP contribution in [0.15, 0.2) is 54.9 Å². The van der Waals surface area contributed by atoms with Gasteiger partial charge in [-0.25, -0.2) is 15.0 Å². The normalized spacial score (nSPS) is 13.9. The first-order valence-corrected chi connectivity index (χ1v) is 14.5. The van der Waals surface area contributed by atoms with E-state index in [1.807, 2.05) is 35.2 Å². The number of anilines is 1. The van der Waals surface area contributed by atoms with Crippen molar-refractivity contribution >= 4 is 11.8 Å². The van der Waals surface area contributed by atoms with Crippen molar-refractivity contribution in [2.45, 2.75) is 51.1 Å². The molecule has 1 atom stereocenters. The molecule has 0 fully saturated rings. The summed E-state index contributed by atoms with van der Waals surface area (Å²) in [7, 11) is 0. The lowest BCUT2D eigenvalue weighted by atomic mass is 9.98. The minimum atomic E-state index is -4.38. The smallest absolute Gasteiger partial charge is 0.411 e. The fraction of sp³-hybridized carbons (Fsp3) is 0.484. The van der Waals surface area contributed by atoms with E-state index in [1.54, 1.807) is 6.07 Å². The van der Waals surface area contributed by atoms with Crippen LogP contribution in [0.25, 0.3) is 11.3 Å². The Morgan fingerprint density at radius 1 is 1.05 bits per heavy atom. The molecule has 11 heteroatoms. The molecular formula is C31H38F3N5O3. The number of fused-ring (bicyclic) bond motifs is 1. The lowest BCUT2D eigenvalue weighted by Crippen LogP contribution is -2.33. The maximum absolute atomic E-state index is 12.6. The molecule has 2 aromatic heterocycles. The number of nitrogens with zero attached hydrogens (tertiary/aromatic N) is 4. The molecule has 0 saturated heterocycles. The molecule has 226 valence electrons. The van der Waals surface area contributed by atoms with Gasteiger partial charge in [0.15, 0.2) is 0 Å². The first-order valence-electron chi connectivity index (χ1n) is 14.5. The minimum absolute atomic E-state index is 0.0817. The van der Waals surface area contributed by atoms with Crippen molar-refractivity contribution in [3.05, 3.63) is 71.8 Å². The molecule has 42 heavy (non-hydrogen) atoms. The Hall–Kier alpha value is -3.57. The zero-order valence-electron chi connectivity index (χ0n) is 23.7. The number of hydrogen-bond donors (Lipinski definition) is 2. The van der Waals surface area contributed by atoms with Crippen molar-refractivity contribution in [2.24, 2.45) is 5.92 Å². The molecule has 8 nitrogen and oxygen atoms in total. The van der Waals surface area contributed by atoms with E-state index in [0.717, 1.165) is 61.4 Å². The van der Waals surface area contributed by atoms with Crippen LogP contribution in [0.3, 0.4) is 0 Å². The second kappa shape index (κ2) is 15.6. The third kappa shape index (κ3) is 10.4. The zero-order valence-corrected chi connectivity index (χ0v) is 23.7. The monoisotopic (exact) mass is 585 g/mol. The van der Waals surface area contributed by atoms with Crippen LogP contribution < -0.4 is 5.32 Å². The van der Waals surface area contributed by atoms with E-state index in [4.69, 9.17) is 9.72 Å². The summed E-state index contributed by atoms with van der Waals surface area (Å²) in [6, 6.07) is 15.6. The van der Waals surface area contributed by atoms with Gasteiger partial charge in [0.25, 0.3) is 0 Å². The molecular weight excluding hydrogens is 547 g/mol. The Morgan fingerprint density at radius 3 is 2.67 bits per heavy atom. The molecule has 0 radical (unpaired) electrons. The van der Waals surface area contributed by atoms with Gasteiger partial charge in [0.2, 0.25) is 0 Å². The summed E-state index contributed by atoms with van der Waals surface area (Å²) in [5.41, 5.74) is 4.51. The van der Waals surface area contributed by atoms with Crippen molar-refractivity contribution in [2.75, 3.05) is 44.7 Å². The lowest BCUT2D eigenvalue weighted by molar-refractivity contribution is -0.174. The molecule has 3 aromatic rings. The number of alkyl halides is 3. The van der Waals surface area contributed by atoms with E-state index in [9.17, 15) is 23.1 Å². The van der Waals surface area contributed by atoms with E-state index < -0.39 is 24.7 Å². The number of carboxylic acid groups (broad SMARTS) is 1. The molecule has 0 aliphatic carbocycles. The van der Waals surface area contributed by atoms with Gasteiger partial charge in [0, 0.05) is 36.5 Å². The number of benzene rings is 1. The first-order chi connectivity index (χ1) is 20.3. The summed E-state index contributed by atoms with van der Waals surface area (Å²) in [5.74, 6) is -0.675. The summed E-state index contributed by atoms with van der Waals surface area (Å²) >= 11 is 0. The van der Waals surface area contributed by atoms with Crippen LogP contribution >= 0.6 is 0 Å². The third-order valence-corrected chi connectivity index (χ3v) is 7.32. The second-order valence-electron chi connectivity index (χ2n) is 10.6. The highest BCUT2D eigenvalue weighted by atomic mass is 19.4. The number of aromatic nitrogens is 3. The Labute approximate surface area is 244 Å². The number of carboxylic acids is 1. The Morgan fingerprint density at radius 2 is 1.88 bits per heavy atom. The number of unbranched alkanes of at least 4 members (excludes halogenated alkanes) is 1. The van der Waals surface area contributed by atoms with Gasteiger partial charge in [-0.2, -0.15) is 13.2 Å². The van der Waals surface area contributed by atoms with Crippen molar-refractivity contribution in [1.82, 2.24) is 19.9 Å². The van der Waals surface area contributed by atoms with Crippen molar-refractivity contribution in [3.63, 3.8) is 0 Å². The Balaban J connectivity index is 1.31. The summed E-state index contributed by atoms with van der Waals surface area (Å²) < 4.78 is 42.5. The van der Waals surface area contributed by atoms with Crippen LogP contribution in [0.2, 0.25) is 0 Å². The lowest BCUT2D eigenvalue weighted by Gasteiger charge is -2.24. The van der Waals surface area contributed by atoms with Gasteiger partial charge < -0.3 is 20.1 Å². The van der Waals surface area contributed by atoms with Gasteiger partial charge in [0.1, 0.15) is 18.8 Å². The number of aryl methyl sites for hydroxylation is 2. The molecule has 4 rings (SSSR count).